The Morgan fingerprint density at radius 2 is 1.96 bits per heavy atom. The molecule has 0 fully saturated rings. The van der Waals surface area contributed by atoms with Crippen LogP contribution < -0.4 is 5.32 Å². The highest BCUT2D eigenvalue weighted by molar-refractivity contribution is 5.94. The molecule has 1 aliphatic heterocycles. The van der Waals surface area contributed by atoms with Gasteiger partial charge in [0.1, 0.15) is 0 Å². The van der Waals surface area contributed by atoms with Crippen LogP contribution in [0.3, 0.4) is 0 Å². The van der Waals surface area contributed by atoms with Crippen molar-refractivity contribution in [3.05, 3.63) is 65.6 Å². The van der Waals surface area contributed by atoms with Crippen molar-refractivity contribution < 1.29 is 9.53 Å². The summed E-state index contributed by atoms with van der Waals surface area (Å²) in [4.78, 5) is 21.2. The molecule has 0 aliphatic carbocycles. The van der Waals surface area contributed by atoms with E-state index in [2.05, 4.69) is 15.3 Å². The summed E-state index contributed by atoms with van der Waals surface area (Å²) in [6.45, 7) is 1.86. The first-order valence-corrected chi connectivity index (χ1v) is 7.63. The van der Waals surface area contributed by atoms with Crippen LogP contribution in [0.2, 0.25) is 0 Å². The first-order chi connectivity index (χ1) is 11.7. The fourth-order valence-electron chi connectivity index (χ4n) is 3.20. The summed E-state index contributed by atoms with van der Waals surface area (Å²) >= 11 is 0. The summed E-state index contributed by atoms with van der Waals surface area (Å²) in [5.74, 6) is 0.355. The lowest BCUT2D eigenvalue weighted by Gasteiger charge is -2.29. The van der Waals surface area contributed by atoms with Crippen LogP contribution in [-0.2, 0) is 9.53 Å². The number of carbonyl (C=O) groups excluding carboxylic acids is 1. The normalized spacial score (nSPS) is 16.7. The van der Waals surface area contributed by atoms with Crippen LogP contribution in [0.25, 0.3) is 11.0 Å². The molecule has 24 heavy (non-hydrogen) atoms. The van der Waals surface area contributed by atoms with E-state index in [1.54, 1.807) is 12.4 Å². The number of pyridine rings is 1. The molecule has 0 saturated carbocycles. The molecule has 0 bridgehead atoms. The van der Waals surface area contributed by atoms with E-state index in [0.29, 0.717) is 11.5 Å². The van der Waals surface area contributed by atoms with Crippen molar-refractivity contribution in [2.75, 3.05) is 12.4 Å². The Balaban J connectivity index is 2.02. The molecule has 2 aromatic heterocycles. The number of carbonyl (C=O) groups is 1. The number of methoxy groups -OCH3 is 1. The minimum atomic E-state index is -0.356. The molecule has 1 atom stereocenters. The van der Waals surface area contributed by atoms with E-state index >= 15 is 0 Å². The number of fused-ring (bicyclic) bond motifs is 3. The van der Waals surface area contributed by atoms with Crippen LogP contribution in [0.1, 0.15) is 18.5 Å². The van der Waals surface area contributed by atoms with Gasteiger partial charge in [-0.25, -0.2) is 9.78 Å². The second-order valence-corrected chi connectivity index (χ2v) is 5.63. The smallest absolute Gasteiger partial charge is 0.337 e. The van der Waals surface area contributed by atoms with Gasteiger partial charge in [0, 0.05) is 18.1 Å². The van der Waals surface area contributed by atoms with Gasteiger partial charge in [0.15, 0.2) is 0 Å². The van der Waals surface area contributed by atoms with Gasteiger partial charge in [-0.15, -0.1) is 0 Å². The minimum Gasteiger partial charge on any atom is -0.466 e. The summed E-state index contributed by atoms with van der Waals surface area (Å²) in [5.41, 5.74) is 4.09. The monoisotopic (exact) mass is 320 g/mol. The minimum absolute atomic E-state index is 0.316. The molecule has 3 aromatic rings. The van der Waals surface area contributed by atoms with E-state index in [4.69, 9.17) is 4.74 Å². The van der Waals surface area contributed by atoms with Crippen molar-refractivity contribution in [2.24, 2.45) is 0 Å². The van der Waals surface area contributed by atoms with Crippen molar-refractivity contribution in [3.8, 4) is 0 Å². The van der Waals surface area contributed by atoms with Gasteiger partial charge in [-0.2, -0.15) is 0 Å². The van der Waals surface area contributed by atoms with Crippen LogP contribution in [0.5, 0.6) is 0 Å². The molecule has 1 aromatic carbocycles. The summed E-state index contributed by atoms with van der Waals surface area (Å²) in [5, 5.41) is 3.23. The van der Waals surface area contributed by atoms with Gasteiger partial charge in [-0.3, -0.25) is 9.55 Å². The van der Waals surface area contributed by atoms with Crippen LogP contribution in [-0.4, -0.2) is 27.6 Å². The Morgan fingerprint density at radius 1 is 1.21 bits per heavy atom. The summed E-state index contributed by atoms with van der Waals surface area (Å²) in [6, 6.07) is 11.4. The van der Waals surface area contributed by atoms with Crippen molar-refractivity contribution >= 4 is 23.0 Å². The van der Waals surface area contributed by atoms with Gasteiger partial charge in [0.25, 0.3) is 0 Å². The number of anilines is 1. The molecule has 6 nitrogen and oxygen atoms in total. The molecule has 6 heteroatoms. The number of allylic oxidation sites excluding steroid dienone is 1. The molecule has 0 radical (unpaired) electrons. The highest BCUT2D eigenvalue weighted by Crippen LogP contribution is 2.39. The van der Waals surface area contributed by atoms with Crippen molar-refractivity contribution in [1.29, 1.82) is 0 Å². The number of imidazole rings is 1. The molecule has 3 heterocycles. The Bertz CT molecular complexity index is 960. The number of para-hydroxylation sites is 2. The quantitative estimate of drug-likeness (QED) is 0.735. The molecular formula is C18H16N4O2. The fraction of sp³-hybridized carbons (Fsp3) is 0.167. The average Bonchev–Trinajstić information content (AvgIpc) is 2.98. The number of aromatic nitrogens is 3. The lowest BCUT2D eigenvalue weighted by molar-refractivity contribution is -0.136. The van der Waals surface area contributed by atoms with Gasteiger partial charge in [0.05, 0.1) is 29.8 Å². The third-order valence-electron chi connectivity index (χ3n) is 4.26. The van der Waals surface area contributed by atoms with Crippen LogP contribution in [0.15, 0.2) is 60.1 Å². The lowest BCUT2D eigenvalue weighted by Crippen LogP contribution is -2.28. The summed E-state index contributed by atoms with van der Waals surface area (Å²) in [6.07, 6.45) is 3.45. The molecule has 0 unspecified atom stereocenters. The molecule has 120 valence electrons. The van der Waals surface area contributed by atoms with Crippen molar-refractivity contribution in [2.45, 2.75) is 13.0 Å². The standard InChI is InChI=1S/C18H16N4O2/c1-11-15(17(23)24-2)16(12-7-9-19-10-8-12)22-14-6-4-3-5-13(14)21-18(22)20-11/h3-10,16H,1-2H3,(H,20,21)/t16-/m0/s1. The van der Waals surface area contributed by atoms with E-state index < -0.39 is 0 Å². The number of rotatable bonds is 2. The number of hydrogen-bond acceptors (Lipinski definition) is 5. The largest absolute Gasteiger partial charge is 0.466 e. The van der Waals surface area contributed by atoms with Crippen LogP contribution in [0, 0.1) is 0 Å². The molecule has 0 spiro atoms. The molecule has 1 aliphatic rings. The van der Waals surface area contributed by atoms with Gasteiger partial charge < -0.3 is 10.1 Å². The first-order valence-electron chi connectivity index (χ1n) is 7.63. The van der Waals surface area contributed by atoms with Gasteiger partial charge in [-0.1, -0.05) is 12.1 Å². The lowest BCUT2D eigenvalue weighted by atomic mass is 9.96. The van der Waals surface area contributed by atoms with E-state index in [1.165, 1.54) is 7.11 Å². The Hall–Kier alpha value is -3.15. The SMILES string of the molecule is COC(=O)C1=C(C)Nc2nc3ccccc3n2[C@H]1c1ccncc1. The van der Waals surface area contributed by atoms with Gasteiger partial charge in [-0.05, 0) is 36.8 Å². The number of hydrogen-bond donors (Lipinski definition) is 1. The Labute approximate surface area is 138 Å². The maximum atomic E-state index is 12.5. The molecule has 4 rings (SSSR count). The Morgan fingerprint density at radius 3 is 2.71 bits per heavy atom. The van der Waals surface area contributed by atoms with Crippen molar-refractivity contribution in [1.82, 2.24) is 14.5 Å². The number of benzene rings is 1. The van der Waals surface area contributed by atoms with E-state index in [-0.39, 0.29) is 12.0 Å². The molecule has 0 amide bonds. The highest BCUT2D eigenvalue weighted by Gasteiger charge is 2.34. The summed E-state index contributed by atoms with van der Waals surface area (Å²) in [7, 11) is 1.40. The maximum Gasteiger partial charge on any atom is 0.337 e. The highest BCUT2D eigenvalue weighted by atomic mass is 16.5. The van der Waals surface area contributed by atoms with E-state index in [0.717, 1.165) is 22.3 Å². The predicted molar refractivity (Wildman–Crippen MR) is 90.4 cm³/mol. The van der Waals surface area contributed by atoms with E-state index in [9.17, 15) is 4.79 Å². The predicted octanol–water partition coefficient (Wildman–Crippen LogP) is 2.89. The first kappa shape index (κ1) is 14.4. The Kier molecular flexibility index (Phi) is 3.30. The zero-order chi connectivity index (χ0) is 16.7. The summed E-state index contributed by atoms with van der Waals surface area (Å²) < 4.78 is 7.06. The third-order valence-corrected chi connectivity index (χ3v) is 4.26. The number of ether oxygens (including phenoxy) is 1. The van der Waals surface area contributed by atoms with Crippen LogP contribution >= 0.6 is 0 Å². The second-order valence-electron chi connectivity index (χ2n) is 5.63. The van der Waals surface area contributed by atoms with Gasteiger partial charge in [0.2, 0.25) is 5.95 Å². The molecule has 1 N–H and O–H groups in total. The van der Waals surface area contributed by atoms with Gasteiger partial charge >= 0.3 is 5.97 Å². The number of nitrogens with one attached hydrogen (secondary N) is 1. The number of nitrogens with zero attached hydrogens (tertiary/aromatic N) is 3. The fourth-order valence-corrected chi connectivity index (χ4v) is 3.20. The third kappa shape index (κ3) is 2.07. The van der Waals surface area contributed by atoms with E-state index in [1.807, 2.05) is 47.9 Å². The topological polar surface area (TPSA) is 69.0 Å². The maximum absolute atomic E-state index is 12.5. The second kappa shape index (κ2) is 5.49. The zero-order valence-corrected chi connectivity index (χ0v) is 13.4. The van der Waals surface area contributed by atoms with Crippen molar-refractivity contribution in [3.63, 3.8) is 0 Å². The number of esters is 1. The van der Waals surface area contributed by atoms with Crippen LogP contribution in [0.4, 0.5) is 5.95 Å². The zero-order valence-electron chi connectivity index (χ0n) is 13.4. The molecule has 0 saturated heterocycles. The average molecular weight is 320 g/mol. The molecular weight excluding hydrogens is 304 g/mol.